The molecule has 0 radical (unpaired) electrons. The zero-order chi connectivity index (χ0) is 25.0. The summed E-state index contributed by atoms with van der Waals surface area (Å²) < 4.78 is 26.1. The van der Waals surface area contributed by atoms with Crippen LogP contribution in [0.25, 0.3) is 23.1 Å². The standard InChI is InChI=1S/C27H29N5O3S/c33-17-16-32-14-11-24(12-15-32)36(34,35)23-8-6-22(7-9-23)31-27-29-18-20(19-30-27)4-5-21-2-1-3-26-25(21)10-13-28-26/h1-10,13,18-19,24,28,33H,11-12,14-17H2,(H,29,30,31). The summed E-state index contributed by atoms with van der Waals surface area (Å²) in [5.74, 6) is 0.437. The third-order valence-electron chi connectivity index (χ3n) is 6.58. The van der Waals surface area contributed by atoms with Crippen LogP contribution in [0.2, 0.25) is 0 Å². The van der Waals surface area contributed by atoms with E-state index in [1.807, 2.05) is 30.5 Å². The molecule has 3 heterocycles. The highest BCUT2D eigenvalue weighted by Gasteiger charge is 2.31. The number of aliphatic hydroxyl groups excluding tert-OH is 1. The Morgan fingerprint density at radius 3 is 2.50 bits per heavy atom. The van der Waals surface area contributed by atoms with Crippen molar-refractivity contribution in [3.8, 4) is 0 Å². The summed E-state index contributed by atoms with van der Waals surface area (Å²) in [4.78, 5) is 14.4. The first-order valence-corrected chi connectivity index (χ1v) is 13.6. The Kier molecular flexibility index (Phi) is 7.13. The molecule has 5 rings (SSSR count). The molecule has 0 unspecified atom stereocenters. The summed E-state index contributed by atoms with van der Waals surface area (Å²) in [7, 11) is -3.39. The van der Waals surface area contributed by atoms with Crippen LogP contribution >= 0.6 is 0 Å². The molecule has 0 spiro atoms. The summed E-state index contributed by atoms with van der Waals surface area (Å²) in [6.07, 6.45) is 10.6. The highest BCUT2D eigenvalue weighted by molar-refractivity contribution is 7.92. The fourth-order valence-corrected chi connectivity index (χ4v) is 6.30. The van der Waals surface area contributed by atoms with Crippen molar-refractivity contribution < 1.29 is 13.5 Å². The van der Waals surface area contributed by atoms with Gasteiger partial charge in [0.15, 0.2) is 9.84 Å². The van der Waals surface area contributed by atoms with E-state index >= 15 is 0 Å². The molecule has 4 aromatic rings. The average molecular weight is 504 g/mol. The first-order chi connectivity index (χ1) is 17.5. The molecule has 0 bridgehead atoms. The molecule has 36 heavy (non-hydrogen) atoms. The van der Waals surface area contributed by atoms with Gasteiger partial charge in [-0.05, 0) is 67.9 Å². The van der Waals surface area contributed by atoms with Crippen molar-refractivity contribution in [2.45, 2.75) is 23.0 Å². The lowest BCUT2D eigenvalue weighted by molar-refractivity contribution is 0.174. The highest BCUT2D eigenvalue weighted by Crippen LogP contribution is 2.26. The van der Waals surface area contributed by atoms with E-state index in [1.165, 1.54) is 0 Å². The largest absolute Gasteiger partial charge is 0.395 e. The number of likely N-dealkylation sites (tertiary alicyclic amines) is 1. The third-order valence-corrected chi connectivity index (χ3v) is 8.86. The van der Waals surface area contributed by atoms with Gasteiger partial charge in [-0.25, -0.2) is 18.4 Å². The maximum absolute atomic E-state index is 13.1. The number of β-amino-alcohol motifs (C(OH)–C–C–N with tert-alkyl or cyclic N) is 1. The molecule has 1 fully saturated rings. The van der Waals surface area contributed by atoms with Gasteiger partial charge in [-0.1, -0.05) is 24.3 Å². The first-order valence-electron chi connectivity index (χ1n) is 12.0. The number of hydrogen-bond donors (Lipinski definition) is 3. The lowest BCUT2D eigenvalue weighted by Gasteiger charge is -2.31. The number of nitrogens with one attached hydrogen (secondary N) is 2. The minimum atomic E-state index is -3.39. The maximum Gasteiger partial charge on any atom is 0.227 e. The number of hydrogen-bond acceptors (Lipinski definition) is 7. The van der Waals surface area contributed by atoms with Gasteiger partial charge in [0.25, 0.3) is 0 Å². The van der Waals surface area contributed by atoms with Gasteiger partial charge in [-0.2, -0.15) is 0 Å². The molecule has 1 saturated heterocycles. The molecule has 3 N–H and O–H groups in total. The highest BCUT2D eigenvalue weighted by atomic mass is 32.2. The zero-order valence-electron chi connectivity index (χ0n) is 19.8. The molecule has 1 aliphatic heterocycles. The summed E-state index contributed by atoms with van der Waals surface area (Å²) >= 11 is 0. The smallest absolute Gasteiger partial charge is 0.227 e. The molecule has 0 atom stereocenters. The van der Waals surface area contributed by atoms with Crippen LogP contribution < -0.4 is 5.32 Å². The zero-order valence-corrected chi connectivity index (χ0v) is 20.7. The lowest BCUT2D eigenvalue weighted by Crippen LogP contribution is -2.40. The van der Waals surface area contributed by atoms with Crippen LogP contribution in [0.4, 0.5) is 11.6 Å². The van der Waals surface area contributed by atoms with Crippen molar-refractivity contribution in [3.05, 3.63) is 78.2 Å². The first kappa shape index (κ1) is 24.2. The Balaban J connectivity index is 1.21. The topological polar surface area (TPSA) is 111 Å². The van der Waals surface area contributed by atoms with E-state index in [2.05, 4.69) is 37.3 Å². The molecule has 8 nitrogen and oxygen atoms in total. The van der Waals surface area contributed by atoms with Crippen molar-refractivity contribution in [2.24, 2.45) is 0 Å². The van der Waals surface area contributed by atoms with Crippen LogP contribution in [0, 0.1) is 0 Å². The van der Waals surface area contributed by atoms with E-state index in [4.69, 9.17) is 5.11 Å². The second-order valence-electron chi connectivity index (χ2n) is 8.92. The van der Waals surface area contributed by atoms with Gasteiger partial charge >= 0.3 is 0 Å². The van der Waals surface area contributed by atoms with Gasteiger partial charge in [-0.15, -0.1) is 0 Å². The van der Waals surface area contributed by atoms with Gasteiger partial charge in [0, 0.05) is 47.3 Å². The molecule has 0 saturated carbocycles. The van der Waals surface area contributed by atoms with E-state index in [0.717, 1.165) is 22.0 Å². The van der Waals surface area contributed by atoms with Gasteiger partial charge in [0.05, 0.1) is 16.8 Å². The van der Waals surface area contributed by atoms with E-state index in [1.54, 1.807) is 36.7 Å². The van der Waals surface area contributed by atoms with Crippen molar-refractivity contribution in [2.75, 3.05) is 31.6 Å². The van der Waals surface area contributed by atoms with Crippen molar-refractivity contribution in [1.29, 1.82) is 0 Å². The lowest BCUT2D eigenvalue weighted by atomic mass is 10.1. The summed E-state index contributed by atoms with van der Waals surface area (Å²) in [5, 5.41) is 13.0. The number of benzene rings is 2. The Hall–Kier alpha value is -3.53. The number of aromatic amines is 1. The van der Waals surface area contributed by atoms with Crippen LogP contribution in [-0.2, 0) is 9.84 Å². The van der Waals surface area contributed by atoms with Crippen molar-refractivity contribution in [1.82, 2.24) is 19.9 Å². The quantitative estimate of drug-likeness (QED) is 0.332. The molecule has 0 aliphatic carbocycles. The molecule has 2 aromatic carbocycles. The summed E-state index contributed by atoms with van der Waals surface area (Å²) in [5.41, 5.74) is 3.80. The maximum atomic E-state index is 13.1. The Bertz CT molecular complexity index is 1440. The molecule has 2 aromatic heterocycles. The number of aliphatic hydroxyl groups is 1. The average Bonchev–Trinajstić information content (AvgIpc) is 3.39. The number of H-pyrrole nitrogens is 1. The van der Waals surface area contributed by atoms with E-state index in [9.17, 15) is 8.42 Å². The number of sulfone groups is 1. The molecular formula is C27H29N5O3S. The minimum absolute atomic E-state index is 0.0973. The second-order valence-corrected chi connectivity index (χ2v) is 11.1. The van der Waals surface area contributed by atoms with Crippen LogP contribution in [0.5, 0.6) is 0 Å². The molecule has 0 amide bonds. The Morgan fingerprint density at radius 2 is 1.78 bits per heavy atom. The number of rotatable bonds is 8. The van der Waals surface area contributed by atoms with E-state index in [0.29, 0.717) is 49.0 Å². The third kappa shape index (κ3) is 5.33. The van der Waals surface area contributed by atoms with Crippen LogP contribution in [0.3, 0.4) is 0 Å². The Labute approximate surface area is 210 Å². The summed E-state index contributed by atoms with van der Waals surface area (Å²) in [6, 6.07) is 14.9. The molecule has 1 aliphatic rings. The molecule has 9 heteroatoms. The van der Waals surface area contributed by atoms with Crippen molar-refractivity contribution in [3.63, 3.8) is 0 Å². The van der Waals surface area contributed by atoms with Crippen LogP contribution in [-0.4, -0.2) is 64.9 Å². The van der Waals surface area contributed by atoms with Crippen LogP contribution in [0.1, 0.15) is 24.0 Å². The molecule has 186 valence electrons. The van der Waals surface area contributed by atoms with E-state index < -0.39 is 9.84 Å². The predicted molar refractivity (Wildman–Crippen MR) is 143 cm³/mol. The normalized spacial score (nSPS) is 15.6. The number of fused-ring (bicyclic) bond motifs is 1. The fraction of sp³-hybridized carbons (Fsp3) is 0.259. The molecular weight excluding hydrogens is 474 g/mol. The second kappa shape index (κ2) is 10.6. The van der Waals surface area contributed by atoms with Crippen LogP contribution in [0.15, 0.2) is 72.0 Å². The summed E-state index contributed by atoms with van der Waals surface area (Å²) in [6.45, 7) is 2.07. The van der Waals surface area contributed by atoms with Gasteiger partial charge in [0.1, 0.15) is 0 Å². The predicted octanol–water partition coefficient (Wildman–Crippen LogP) is 4.10. The number of piperidine rings is 1. The number of aromatic nitrogens is 3. The van der Waals surface area contributed by atoms with Gasteiger partial charge < -0.3 is 20.3 Å². The fourth-order valence-electron chi connectivity index (χ4n) is 4.56. The Morgan fingerprint density at radius 1 is 1.03 bits per heavy atom. The van der Waals surface area contributed by atoms with Gasteiger partial charge in [0.2, 0.25) is 5.95 Å². The monoisotopic (exact) mass is 503 g/mol. The van der Waals surface area contributed by atoms with Crippen molar-refractivity contribution >= 4 is 44.5 Å². The minimum Gasteiger partial charge on any atom is -0.395 e. The number of anilines is 2. The number of nitrogens with zero attached hydrogens (tertiary/aromatic N) is 3. The van der Waals surface area contributed by atoms with E-state index in [-0.39, 0.29) is 11.9 Å². The SMILES string of the molecule is O=S(=O)(c1ccc(Nc2ncc(C=Cc3cccc4[nH]ccc34)cn2)cc1)C1CCN(CCO)CC1. The van der Waals surface area contributed by atoms with Gasteiger partial charge in [-0.3, -0.25) is 0 Å².